The van der Waals surface area contributed by atoms with Gasteiger partial charge in [-0.3, -0.25) is 37.3 Å². The summed E-state index contributed by atoms with van der Waals surface area (Å²) in [6, 6.07) is 0. The zero-order valence-electron chi connectivity index (χ0n) is 57.2. The van der Waals surface area contributed by atoms with Crippen molar-refractivity contribution in [3.8, 4) is 0 Å². The minimum Gasteiger partial charge on any atom is -0.462 e. The molecule has 2 unspecified atom stereocenters. The number of rotatable bonds is 67. The molecule has 0 aromatic heterocycles. The lowest BCUT2D eigenvalue weighted by Crippen LogP contribution is -2.30. The Morgan fingerprint density at radius 2 is 0.523 bits per heavy atom. The predicted octanol–water partition coefficient (Wildman–Crippen LogP) is 19.5. The summed E-state index contributed by atoms with van der Waals surface area (Å²) in [6.07, 6.45) is 43.2. The molecule has 0 aromatic carbocycles. The van der Waals surface area contributed by atoms with E-state index in [9.17, 15) is 43.2 Å². The van der Waals surface area contributed by atoms with Gasteiger partial charge in [0, 0.05) is 25.7 Å². The van der Waals surface area contributed by atoms with Crippen LogP contribution in [0, 0.1) is 17.8 Å². The van der Waals surface area contributed by atoms with Crippen molar-refractivity contribution in [3.05, 3.63) is 0 Å². The average Bonchev–Trinajstić information content (AvgIpc) is 3.51. The van der Waals surface area contributed by atoms with Crippen LogP contribution in [0.25, 0.3) is 0 Å². The number of carbonyl (C=O) groups excluding carboxylic acids is 4. The van der Waals surface area contributed by atoms with Gasteiger partial charge in [0.2, 0.25) is 0 Å². The van der Waals surface area contributed by atoms with Crippen LogP contribution in [-0.2, 0) is 65.4 Å². The molecule has 522 valence electrons. The summed E-state index contributed by atoms with van der Waals surface area (Å²) >= 11 is 0. The Labute approximate surface area is 537 Å². The summed E-state index contributed by atoms with van der Waals surface area (Å²) in [5.41, 5.74) is 0. The molecule has 3 N–H and O–H groups in total. The zero-order valence-corrected chi connectivity index (χ0v) is 59.0. The molecule has 0 aromatic rings. The van der Waals surface area contributed by atoms with Crippen LogP contribution in [0.2, 0.25) is 0 Å². The molecule has 0 aliphatic carbocycles. The topological polar surface area (TPSA) is 237 Å². The number of esters is 4. The summed E-state index contributed by atoms with van der Waals surface area (Å²) in [5.74, 6) is 0.143. The standard InChI is InChI=1S/C69H134O17P2/c1-8-9-10-11-26-36-43-50-66(71)79-56-64(85-69(74)53-46-39-32-25-19-22-29-35-42-49-62(6)7)58-83-87(75,76)81-54-63(70)55-82-88(77,78)84-59-65(57-80-67(72)51-44-37-30-24-18-21-28-34-41-48-61(4)5)86-68(73)52-45-38-31-23-17-15-13-12-14-16-20-27-33-40-47-60(2)3/h60-65,70H,8-59H2,1-7H3,(H,75,76)(H,77,78)/t63-,64+,65+/m0/s1. The number of phosphoric acid groups is 2. The van der Waals surface area contributed by atoms with Gasteiger partial charge in [0.1, 0.15) is 19.3 Å². The molecular weight excluding hydrogens is 1160 g/mol. The van der Waals surface area contributed by atoms with Crippen molar-refractivity contribution < 1.29 is 80.2 Å². The van der Waals surface area contributed by atoms with Crippen molar-refractivity contribution in [2.24, 2.45) is 17.8 Å². The summed E-state index contributed by atoms with van der Waals surface area (Å²) in [7, 11) is -9.89. The van der Waals surface area contributed by atoms with Gasteiger partial charge in [-0.05, 0) is 43.4 Å². The fraction of sp³-hybridized carbons (Fsp3) is 0.942. The molecule has 0 saturated heterocycles. The highest BCUT2D eigenvalue weighted by atomic mass is 31.2. The molecule has 0 rings (SSSR count). The first kappa shape index (κ1) is 86.1. The van der Waals surface area contributed by atoms with E-state index in [0.717, 1.165) is 120 Å². The van der Waals surface area contributed by atoms with Crippen molar-refractivity contribution in [1.82, 2.24) is 0 Å². The highest BCUT2D eigenvalue weighted by Gasteiger charge is 2.30. The molecule has 0 fully saturated rings. The van der Waals surface area contributed by atoms with Crippen LogP contribution in [0.5, 0.6) is 0 Å². The summed E-state index contributed by atoms with van der Waals surface area (Å²) in [6.45, 7) is 11.8. The number of carbonyl (C=O) groups is 4. The molecule has 0 spiro atoms. The van der Waals surface area contributed by atoms with Gasteiger partial charge in [0.05, 0.1) is 26.4 Å². The lowest BCUT2D eigenvalue weighted by Gasteiger charge is -2.21. The Morgan fingerprint density at radius 3 is 0.773 bits per heavy atom. The molecule has 0 aliphatic heterocycles. The van der Waals surface area contributed by atoms with Gasteiger partial charge in [-0.15, -0.1) is 0 Å². The predicted molar refractivity (Wildman–Crippen MR) is 354 cm³/mol. The average molecular weight is 1300 g/mol. The molecular formula is C69H134O17P2. The van der Waals surface area contributed by atoms with E-state index in [4.69, 9.17) is 37.0 Å². The van der Waals surface area contributed by atoms with Crippen molar-refractivity contribution in [2.75, 3.05) is 39.6 Å². The highest BCUT2D eigenvalue weighted by molar-refractivity contribution is 7.47. The van der Waals surface area contributed by atoms with Gasteiger partial charge in [0.15, 0.2) is 12.2 Å². The van der Waals surface area contributed by atoms with Crippen molar-refractivity contribution in [1.29, 1.82) is 0 Å². The number of aliphatic hydroxyl groups excluding tert-OH is 1. The van der Waals surface area contributed by atoms with Crippen LogP contribution in [0.4, 0.5) is 0 Å². The number of phosphoric ester groups is 2. The Hall–Kier alpha value is -1.94. The third kappa shape index (κ3) is 62.8. The quantitative estimate of drug-likeness (QED) is 0.0222. The second-order valence-electron chi connectivity index (χ2n) is 26.3. The molecule has 19 heteroatoms. The molecule has 0 aliphatic rings. The number of ether oxygens (including phenoxy) is 4. The Kier molecular flexibility index (Phi) is 58.7. The van der Waals surface area contributed by atoms with Gasteiger partial charge in [-0.25, -0.2) is 9.13 Å². The zero-order chi connectivity index (χ0) is 65.2. The SMILES string of the molecule is CCCCCCCCCC(=O)OC[C@H](COP(=O)(O)OC[C@H](O)COP(=O)(O)OC[C@@H](COC(=O)CCCCCCCCCCCC(C)C)OC(=O)CCCCCCCCCCCCCCCCC(C)C)OC(=O)CCCCCCCCCCCC(C)C. The lowest BCUT2D eigenvalue weighted by atomic mass is 10.0. The maximum absolute atomic E-state index is 13.0. The molecule has 17 nitrogen and oxygen atoms in total. The number of unbranched alkanes of at least 4 members (excludes halogenated alkanes) is 35. The van der Waals surface area contributed by atoms with E-state index in [1.165, 1.54) is 141 Å². The fourth-order valence-electron chi connectivity index (χ4n) is 10.4. The smallest absolute Gasteiger partial charge is 0.462 e. The first-order valence-electron chi connectivity index (χ1n) is 35.8. The molecule has 0 saturated carbocycles. The Balaban J connectivity index is 5.20. The second-order valence-corrected chi connectivity index (χ2v) is 29.3. The Bertz CT molecular complexity index is 1730. The first-order valence-corrected chi connectivity index (χ1v) is 38.8. The van der Waals surface area contributed by atoms with E-state index >= 15 is 0 Å². The van der Waals surface area contributed by atoms with Crippen LogP contribution < -0.4 is 0 Å². The number of aliphatic hydroxyl groups is 1. The molecule has 0 bridgehead atoms. The molecule has 0 radical (unpaired) electrons. The van der Waals surface area contributed by atoms with E-state index in [-0.39, 0.29) is 25.7 Å². The normalized spacial score (nSPS) is 14.2. The van der Waals surface area contributed by atoms with Crippen molar-refractivity contribution in [3.63, 3.8) is 0 Å². The van der Waals surface area contributed by atoms with E-state index in [1.807, 2.05) is 0 Å². The number of hydrogen-bond donors (Lipinski definition) is 3. The second kappa shape index (κ2) is 60.0. The van der Waals surface area contributed by atoms with E-state index in [0.29, 0.717) is 25.7 Å². The molecule has 88 heavy (non-hydrogen) atoms. The highest BCUT2D eigenvalue weighted by Crippen LogP contribution is 2.45. The van der Waals surface area contributed by atoms with Crippen LogP contribution in [-0.4, -0.2) is 96.7 Å². The van der Waals surface area contributed by atoms with Gasteiger partial charge in [-0.2, -0.15) is 0 Å². The van der Waals surface area contributed by atoms with E-state index in [2.05, 4.69) is 48.5 Å². The maximum atomic E-state index is 13.0. The molecule has 0 amide bonds. The first-order chi connectivity index (χ1) is 42.2. The monoisotopic (exact) mass is 1300 g/mol. The minimum absolute atomic E-state index is 0.105. The fourth-order valence-corrected chi connectivity index (χ4v) is 11.9. The van der Waals surface area contributed by atoms with Gasteiger partial charge >= 0.3 is 39.5 Å². The van der Waals surface area contributed by atoms with Crippen LogP contribution >= 0.6 is 15.6 Å². The van der Waals surface area contributed by atoms with E-state index in [1.54, 1.807) is 0 Å². The van der Waals surface area contributed by atoms with Crippen LogP contribution in [0.1, 0.15) is 344 Å². The lowest BCUT2D eigenvalue weighted by molar-refractivity contribution is -0.161. The maximum Gasteiger partial charge on any atom is 0.472 e. The van der Waals surface area contributed by atoms with Gasteiger partial charge < -0.3 is 33.8 Å². The Morgan fingerprint density at radius 1 is 0.307 bits per heavy atom. The number of hydrogen-bond acceptors (Lipinski definition) is 15. The van der Waals surface area contributed by atoms with Crippen molar-refractivity contribution >= 4 is 39.5 Å². The molecule has 0 heterocycles. The van der Waals surface area contributed by atoms with Crippen molar-refractivity contribution in [2.45, 2.75) is 362 Å². The summed E-state index contributed by atoms with van der Waals surface area (Å²) < 4.78 is 68.1. The van der Waals surface area contributed by atoms with Crippen LogP contribution in [0.15, 0.2) is 0 Å². The summed E-state index contributed by atoms with van der Waals surface area (Å²) in [4.78, 5) is 72.4. The van der Waals surface area contributed by atoms with Gasteiger partial charge in [-0.1, -0.05) is 292 Å². The van der Waals surface area contributed by atoms with Crippen LogP contribution in [0.3, 0.4) is 0 Å². The minimum atomic E-state index is -4.95. The summed E-state index contributed by atoms with van der Waals surface area (Å²) in [5, 5.41) is 10.6. The largest absolute Gasteiger partial charge is 0.472 e. The third-order valence-corrected chi connectivity index (χ3v) is 17.8. The molecule has 5 atom stereocenters. The third-order valence-electron chi connectivity index (χ3n) is 15.9. The van der Waals surface area contributed by atoms with Gasteiger partial charge in [0.25, 0.3) is 0 Å². The van der Waals surface area contributed by atoms with E-state index < -0.39 is 97.5 Å².